The van der Waals surface area contributed by atoms with Crippen LogP contribution in [0.1, 0.15) is 42.5 Å². The molecule has 2 saturated heterocycles. The Balaban J connectivity index is 1.20. The topological polar surface area (TPSA) is 88.6 Å². The molecule has 9 heteroatoms. The molecular weight excluding hydrogens is 509 g/mol. The minimum atomic E-state index is -0.420. The standard InChI is InChI=1S/C31H32FN5O3/c32-22-17-21(18-23(19-22)37-14-4-1-5-15-37)30(38)35-27-10-11-28(26-9-3-2-8-25(26)27)40-29-12-13-33-31(36-29)34-20-24-7-6-16-39-24/h2-3,8-13,17-19,24H,1,4-7,14-16,20H2,(H,35,38)(H,33,34,36)/t24-/m0/s1. The van der Waals surface area contributed by atoms with Crippen LogP contribution in [0, 0.1) is 5.82 Å². The zero-order valence-corrected chi connectivity index (χ0v) is 22.2. The van der Waals surface area contributed by atoms with Crippen LogP contribution in [0.5, 0.6) is 11.6 Å². The number of ether oxygens (including phenoxy) is 2. The molecule has 3 heterocycles. The zero-order valence-electron chi connectivity index (χ0n) is 22.2. The number of amides is 1. The van der Waals surface area contributed by atoms with E-state index in [1.807, 2.05) is 24.3 Å². The number of nitrogens with one attached hydrogen (secondary N) is 2. The predicted octanol–water partition coefficient (Wildman–Crippen LogP) is 6.39. The van der Waals surface area contributed by atoms with E-state index in [9.17, 15) is 9.18 Å². The van der Waals surface area contributed by atoms with Gasteiger partial charge in [0, 0.05) is 66.2 Å². The van der Waals surface area contributed by atoms with Crippen LogP contribution in [0.4, 0.5) is 21.7 Å². The molecule has 2 fully saturated rings. The number of hydrogen-bond acceptors (Lipinski definition) is 7. The van der Waals surface area contributed by atoms with Crippen LogP contribution in [0.25, 0.3) is 10.8 Å². The van der Waals surface area contributed by atoms with Gasteiger partial charge in [0.2, 0.25) is 11.8 Å². The van der Waals surface area contributed by atoms with Crippen molar-refractivity contribution < 1.29 is 18.7 Å². The number of nitrogens with zero attached hydrogens (tertiary/aromatic N) is 3. The smallest absolute Gasteiger partial charge is 0.255 e. The fourth-order valence-electron chi connectivity index (χ4n) is 5.31. The summed E-state index contributed by atoms with van der Waals surface area (Å²) in [4.78, 5) is 24.2. The molecule has 0 aliphatic carbocycles. The molecule has 0 radical (unpaired) electrons. The quantitative estimate of drug-likeness (QED) is 0.267. The summed E-state index contributed by atoms with van der Waals surface area (Å²) in [5, 5.41) is 7.80. The van der Waals surface area contributed by atoms with Gasteiger partial charge < -0.3 is 25.0 Å². The number of carbonyl (C=O) groups is 1. The molecule has 40 heavy (non-hydrogen) atoms. The summed E-state index contributed by atoms with van der Waals surface area (Å²) in [5.74, 6) is 0.679. The van der Waals surface area contributed by atoms with Gasteiger partial charge in [0.15, 0.2) is 0 Å². The Labute approximate surface area is 232 Å². The molecule has 206 valence electrons. The number of aromatic nitrogens is 2. The SMILES string of the molecule is O=C(Nc1ccc(Oc2ccnc(NC[C@@H]3CCCO3)n2)c2ccccc12)c1cc(F)cc(N2CCCCC2)c1. The van der Waals surface area contributed by atoms with Gasteiger partial charge in [0.05, 0.1) is 6.10 Å². The van der Waals surface area contributed by atoms with Crippen LogP contribution >= 0.6 is 0 Å². The van der Waals surface area contributed by atoms with Gasteiger partial charge in [0.1, 0.15) is 11.6 Å². The Morgan fingerprint density at radius 3 is 2.70 bits per heavy atom. The normalized spacial score (nSPS) is 17.1. The lowest BCUT2D eigenvalue weighted by molar-refractivity contribution is 0.102. The molecule has 1 atom stereocenters. The Hall–Kier alpha value is -4.24. The molecule has 0 unspecified atom stereocenters. The molecule has 2 aliphatic heterocycles. The highest BCUT2D eigenvalue weighted by Crippen LogP contribution is 2.34. The van der Waals surface area contributed by atoms with E-state index in [1.54, 1.807) is 30.5 Å². The zero-order chi connectivity index (χ0) is 27.3. The van der Waals surface area contributed by atoms with E-state index in [4.69, 9.17) is 9.47 Å². The highest BCUT2D eigenvalue weighted by atomic mass is 19.1. The molecule has 2 N–H and O–H groups in total. The van der Waals surface area contributed by atoms with Crippen LogP contribution in [-0.2, 0) is 4.74 Å². The van der Waals surface area contributed by atoms with Crippen molar-refractivity contribution in [2.45, 2.75) is 38.2 Å². The Morgan fingerprint density at radius 2 is 1.88 bits per heavy atom. The molecule has 2 aliphatic rings. The third-order valence-corrected chi connectivity index (χ3v) is 7.35. The molecule has 4 aromatic rings. The van der Waals surface area contributed by atoms with E-state index in [0.29, 0.717) is 29.8 Å². The van der Waals surface area contributed by atoms with E-state index in [-0.39, 0.29) is 17.6 Å². The van der Waals surface area contributed by atoms with Crippen LogP contribution < -0.4 is 20.3 Å². The number of anilines is 3. The minimum Gasteiger partial charge on any atom is -0.438 e. The van der Waals surface area contributed by atoms with Gasteiger partial charge in [-0.25, -0.2) is 9.37 Å². The molecule has 1 amide bonds. The fraction of sp³-hybridized carbons (Fsp3) is 0.323. The molecule has 3 aromatic carbocycles. The monoisotopic (exact) mass is 541 g/mol. The van der Waals surface area contributed by atoms with Gasteiger partial charge in [-0.05, 0) is 62.4 Å². The molecular formula is C31H32FN5O3. The van der Waals surface area contributed by atoms with Crippen molar-refractivity contribution in [1.29, 1.82) is 0 Å². The maximum absolute atomic E-state index is 14.5. The van der Waals surface area contributed by atoms with Gasteiger partial charge in [0.25, 0.3) is 5.91 Å². The molecule has 0 saturated carbocycles. The van der Waals surface area contributed by atoms with Crippen LogP contribution in [0.3, 0.4) is 0 Å². The highest BCUT2D eigenvalue weighted by molar-refractivity contribution is 6.10. The second-order valence-corrected chi connectivity index (χ2v) is 10.2. The van der Waals surface area contributed by atoms with E-state index in [2.05, 4.69) is 25.5 Å². The van der Waals surface area contributed by atoms with Gasteiger partial charge in [-0.1, -0.05) is 24.3 Å². The predicted molar refractivity (Wildman–Crippen MR) is 154 cm³/mol. The minimum absolute atomic E-state index is 0.170. The summed E-state index contributed by atoms with van der Waals surface area (Å²) in [6.45, 7) is 3.18. The van der Waals surface area contributed by atoms with Crippen molar-refractivity contribution >= 4 is 34.0 Å². The lowest BCUT2D eigenvalue weighted by Gasteiger charge is -2.29. The first-order valence-corrected chi connectivity index (χ1v) is 13.9. The summed E-state index contributed by atoms with van der Waals surface area (Å²) in [6, 6.07) is 17.5. The molecule has 0 bridgehead atoms. The van der Waals surface area contributed by atoms with Crippen LogP contribution in [-0.4, -0.2) is 48.2 Å². The van der Waals surface area contributed by atoms with Crippen molar-refractivity contribution in [2.24, 2.45) is 0 Å². The van der Waals surface area contributed by atoms with E-state index in [0.717, 1.165) is 61.8 Å². The average molecular weight is 542 g/mol. The third-order valence-electron chi connectivity index (χ3n) is 7.35. The number of carbonyl (C=O) groups excluding carboxylic acids is 1. The lowest BCUT2D eigenvalue weighted by Crippen LogP contribution is -2.29. The second kappa shape index (κ2) is 11.9. The van der Waals surface area contributed by atoms with Crippen molar-refractivity contribution in [3.63, 3.8) is 0 Å². The number of fused-ring (bicyclic) bond motifs is 1. The first kappa shape index (κ1) is 26.0. The summed E-state index contributed by atoms with van der Waals surface area (Å²) in [7, 11) is 0. The fourth-order valence-corrected chi connectivity index (χ4v) is 5.31. The maximum Gasteiger partial charge on any atom is 0.255 e. The van der Waals surface area contributed by atoms with E-state index in [1.165, 1.54) is 18.6 Å². The molecule has 0 spiro atoms. The average Bonchev–Trinajstić information content (AvgIpc) is 3.52. The van der Waals surface area contributed by atoms with E-state index < -0.39 is 5.82 Å². The van der Waals surface area contributed by atoms with Crippen molar-refractivity contribution in [3.05, 3.63) is 78.2 Å². The van der Waals surface area contributed by atoms with Crippen molar-refractivity contribution in [1.82, 2.24) is 9.97 Å². The Kier molecular flexibility index (Phi) is 7.72. The maximum atomic E-state index is 14.5. The van der Waals surface area contributed by atoms with Crippen molar-refractivity contribution in [3.8, 4) is 11.6 Å². The summed E-state index contributed by atoms with van der Waals surface area (Å²) >= 11 is 0. The molecule has 1 aromatic heterocycles. The first-order chi connectivity index (χ1) is 19.6. The van der Waals surface area contributed by atoms with Crippen LogP contribution in [0.2, 0.25) is 0 Å². The number of piperidine rings is 1. The van der Waals surface area contributed by atoms with Gasteiger partial charge in [-0.3, -0.25) is 4.79 Å². The summed E-state index contributed by atoms with van der Waals surface area (Å²) in [5.41, 5.74) is 1.64. The number of benzene rings is 3. The Bertz CT molecular complexity index is 1500. The molecule has 6 rings (SSSR count). The molecule has 8 nitrogen and oxygen atoms in total. The van der Waals surface area contributed by atoms with Crippen LogP contribution in [0.15, 0.2) is 66.9 Å². The lowest BCUT2D eigenvalue weighted by atomic mass is 10.1. The van der Waals surface area contributed by atoms with Gasteiger partial charge >= 0.3 is 0 Å². The van der Waals surface area contributed by atoms with Gasteiger partial charge in [-0.2, -0.15) is 4.98 Å². The van der Waals surface area contributed by atoms with Gasteiger partial charge in [-0.15, -0.1) is 0 Å². The third kappa shape index (κ3) is 5.99. The van der Waals surface area contributed by atoms with Crippen molar-refractivity contribution in [2.75, 3.05) is 41.8 Å². The highest BCUT2D eigenvalue weighted by Gasteiger charge is 2.18. The number of hydrogen-bond donors (Lipinski definition) is 2. The number of halogens is 1. The number of rotatable bonds is 8. The Morgan fingerprint density at radius 1 is 1.02 bits per heavy atom. The first-order valence-electron chi connectivity index (χ1n) is 13.9. The largest absolute Gasteiger partial charge is 0.438 e. The summed E-state index contributed by atoms with van der Waals surface area (Å²) < 4.78 is 26.3. The summed E-state index contributed by atoms with van der Waals surface area (Å²) in [6.07, 6.45) is 7.23. The van der Waals surface area contributed by atoms with E-state index >= 15 is 0 Å². The second-order valence-electron chi connectivity index (χ2n) is 10.2.